The third-order valence-electron chi connectivity index (χ3n) is 1.65. The van der Waals surface area contributed by atoms with Crippen LogP contribution in [-0.4, -0.2) is 43.9 Å². The van der Waals surface area contributed by atoms with E-state index in [1.807, 2.05) is 14.1 Å². The number of nitrogens with zero attached hydrogens (tertiary/aromatic N) is 1. The van der Waals surface area contributed by atoms with Crippen molar-refractivity contribution in [2.24, 2.45) is 0 Å². The van der Waals surface area contributed by atoms with Crippen LogP contribution in [0.3, 0.4) is 0 Å². The number of hydrogen-bond donors (Lipinski definition) is 1. The number of Topliss-reactive ketones (excluding diaryl/α,β-unsaturated/α-hetero) is 1. The van der Waals surface area contributed by atoms with Crippen molar-refractivity contribution < 1.29 is 4.79 Å². The van der Waals surface area contributed by atoms with Gasteiger partial charge >= 0.3 is 0 Å². The van der Waals surface area contributed by atoms with Crippen LogP contribution in [0.4, 0.5) is 0 Å². The maximum atomic E-state index is 10.8. The van der Waals surface area contributed by atoms with E-state index in [0.717, 1.165) is 6.54 Å². The average Bonchev–Trinajstić information content (AvgIpc) is 2.13. The highest BCUT2D eigenvalue weighted by molar-refractivity contribution is 5.83. The van der Waals surface area contributed by atoms with Crippen LogP contribution in [0.2, 0.25) is 0 Å². The molecule has 0 aromatic heterocycles. The summed E-state index contributed by atoms with van der Waals surface area (Å²) in [5, 5.41) is 3.15. The summed E-state index contributed by atoms with van der Waals surface area (Å²) in [5.74, 6) is 0.340. The van der Waals surface area contributed by atoms with E-state index < -0.39 is 0 Å². The minimum Gasteiger partial charge on any atom is -0.308 e. The summed E-state index contributed by atoms with van der Waals surface area (Å²) in [7, 11) is 4.04. The van der Waals surface area contributed by atoms with Gasteiger partial charge in [-0.05, 0) is 14.1 Å². The van der Waals surface area contributed by atoms with Gasteiger partial charge in [0.15, 0.2) is 0 Å². The molecule has 1 aliphatic rings. The lowest BCUT2D eigenvalue weighted by molar-refractivity contribution is -0.116. The second kappa shape index (κ2) is 3.12. The zero-order valence-electron chi connectivity index (χ0n) is 6.55. The molecule has 0 aromatic carbocycles. The molecule has 1 N–H and O–H groups in total. The van der Waals surface area contributed by atoms with E-state index in [9.17, 15) is 4.79 Å². The molecule has 3 heteroatoms. The van der Waals surface area contributed by atoms with Gasteiger partial charge in [-0.3, -0.25) is 4.79 Å². The van der Waals surface area contributed by atoms with Crippen molar-refractivity contribution in [2.75, 3.05) is 27.2 Å². The van der Waals surface area contributed by atoms with Crippen LogP contribution in [0.15, 0.2) is 0 Å². The van der Waals surface area contributed by atoms with Crippen LogP contribution in [0, 0.1) is 0 Å². The fraction of sp³-hybridized carbons (Fsp3) is 0.857. The fourth-order valence-electron chi connectivity index (χ4n) is 1.25. The maximum absolute atomic E-state index is 10.8. The predicted octanol–water partition coefficient (Wildman–Crippen LogP) is -0.521. The van der Waals surface area contributed by atoms with E-state index in [1.165, 1.54) is 0 Å². The zero-order valence-corrected chi connectivity index (χ0v) is 6.55. The first-order valence-corrected chi connectivity index (χ1v) is 3.58. The van der Waals surface area contributed by atoms with E-state index in [2.05, 4.69) is 10.2 Å². The lowest BCUT2D eigenvalue weighted by Crippen LogP contribution is -2.33. The summed E-state index contributed by atoms with van der Waals surface area (Å²) in [6.07, 6.45) is 0.707. The number of ketones is 1. The van der Waals surface area contributed by atoms with Gasteiger partial charge in [-0.15, -0.1) is 0 Å². The lowest BCUT2D eigenvalue weighted by Gasteiger charge is -2.14. The van der Waals surface area contributed by atoms with Crippen LogP contribution in [0.5, 0.6) is 0 Å². The number of nitrogens with one attached hydrogen (secondary N) is 1. The fourth-order valence-corrected chi connectivity index (χ4v) is 1.25. The van der Waals surface area contributed by atoms with E-state index >= 15 is 0 Å². The van der Waals surface area contributed by atoms with Crippen LogP contribution in [0.1, 0.15) is 6.42 Å². The molecule has 1 heterocycles. The first-order chi connectivity index (χ1) is 4.68. The highest BCUT2D eigenvalue weighted by atomic mass is 16.1. The molecule has 1 fully saturated rings. The highest BCUT2D eigenvalue weighted by Gasteiger charge is 2.20. The Labute approximate surface area is 61.4 Å². The van der Waals surface area contributed by atoms with Crippen LogP contribution < -0.4 is 5.32 Å². The molecule has 58 valence electrons. The van der Waals surface area contributed by atoms with Crippen molar-refractivity contribution in [3.63, 3.8) is 0 Å². The minimum absolute atomic E-state index is 0.340. The molecule has 1 rings (SSSR count). The third kappa shape index (κ3) is 2.08. The molecule has 1 aliphatic heterocycles. The molecule has 10 heavy (non-hydrogen) atoms. The number of likely N-dealkylation sites (N-methyl/N-ethyl adjacent to an activating group) is 1. The molecule has 1 saturated heterocycles. The van der Waals surface area contributed by atoms with Gasteiger partial charge in [0.25, 0.3) is 0 Å². The van der Waals surface area contributed by atoms with Gasteiger partial charge in [0.1, 0.15) is 5.78 Å². The normalized spacial score (nSPS) is 26.3. The number of carbonyl (C=O) groups excluding carboxylic acids is 1. The SMILES string of the molecule is CN(C)CC1CC(=O)CN1. The number of carbonyl (C=O) groups is 1. The largest absolute Gasteiger partial charge is 0.308 e. The Morgan fingerprint density at radius 1 is 1.70 bits per heavy atom. The van der Waals surface area contributed by atoms with Crippen LogP contribution in [-0.2, 0) is 4.79 Å². The predicted molar refractivity (Wildman–Crippen MR) is 40.0 cm³/mol. The van der Waals surface area contributed by atoms with E-state index in [4.69, 9.17) is 0 Å². The van der Waals surface area contributed by atoms with Crippen molar-refractivity contribution in [3.8, 4) is 0 Å². The van der Waals surface area contributed by atoms with Gasteiger partial charge in [-0.25, -0.2) is 0 Å². The quantitative estimate of drug-likeness (QED) is 0.563. The van der Waals surface area contributed by atoms with Crippen molar-refractivity contribution in [3.05, 3.63) is 0 Å². The smallest absolute Gasteiger partial charge is 0.148 e. The first-order valence-electron chi connectivity index (χ1n) is 3.58. The van der Waals surface area contributed by atoms with Gasteiger partial charge in [-0.1, -0.05) is 0 Å². The zero-order chi connectivity index (χ0) is 7.56. The Morgan fingerprint density at radius 3 is 2.80 bits per heavy atom. The summed E-state index contributed by atoms with van der Waals surface area (Å²) in [6, 6.07) is 0.391. The summed E-state index contributed by atoms with van der Waals surface area (Å²) >= 11 is 0. The van der Waals surface area contributed by atoms with Crippen molar-refractivity contribution in [2.45, 2.75) is 12.5 Å². The molecule has 0 aromatic rings. The monoisotopic (exact) mass is 142 g/mol. The Bertz CT molecular complexity index is 134. The van der Waals surface area contributed by atoms with Crippen molar-refractivity contribution >= 4 is 5.78 Å². The average molecular weight is 142 g/mol. The molecule has 1 unspecified atom stereocenters. The molecular weight excluding hydrogens is 128 g/mol. The molecule has 1 atom stereocenters. The maximum Gasteiger partial charge on any atom is 0.148 e. The standard InChI is InChI=1S/C7H14N2O/c1-9(2)5-6-3-7(10)4-8-6/h6,8H,3-5H2,1-2H3. The van der Waals surface area contributed by atoms with Crippen LogP contribution >= 0.6 is 0 Å². The molecule has 0 aliphatic carbocycles. The topological polar surface area (TPSA) is 32.3 Å². The minimum atomic E-state index is 0.340. The molecule has 0 spiro atoms. The first kappa shape index (κ1) is 7.69. The van der Waals surface area contributed by atoms with E-state index in [0.29, 0.717) is 24.8 Å². The number of rotatable bonds is 2. The Morgan fingerprint density at radius 2 is 2.40 bits per heavy atom. The molecule has 0 amide bonds. The second-order valence-corrected chi connectivity index (χ2v) is 3.08. The van der Waals surface area contributed by atoms with Gasteiger partial charge in [0.2, 0.25) is 0 Å². The molecular formula is C7H14N2O. The molecule has 3 nitrogen and oxygen atoms in total. The molecule has 0 saturated carbocycles. The number of hydrogen-bond acceptors (Lipinski definition) is 3. The van der Waals surface area contributed by atoms with Gasteiger partial charge in [-0.2, -0.15) is 0 Å². The third-order valence-corrected chi connectivity index (χ3v) is 1.65. The van der Waals surface area contributed by atoms with Crippen LogP contribution in [0.25, 0.3) is 0 Å². The van der Waals surface area contributed by atoms with Gasteiger partial charge in [0.05, 0.1) is 6.54 Å². The van der Waals surface area contributed by atoms with Gasteiger partial charge < -0.3 is 10.2 Å². The summed E-state index contributed by atoms with van der Waals surface area (Å²) < 4.78 is 0. The highest BCUT2D eigenvalue weighted by Crippen LogP contribution is 2.01. The lowest BCUT2D eigenvalue weighted by atomic mass is 10.2. The molecule has 0 radical (unpaired) electrons. The Hall–Kier alpha value is -0.410. The summed E-state index contributed by atoms with van der Waals surface area (Å²) in [6.45, 7) is 1.53. The second-order valence-electron chi connectivity index (χ2n) is 3.08. The summed E-state index contributed by atoms with van der Waals surface area (Å²) in [5.41, 5.74) is 0. The van der Waals surface area contributed by atoms with E-state index in [1.54, 1.807) is 0 Å². The van der Waals surface area contributed by atoms with Crippen molar-refractivity contribution in [1.29, 1.82) is 0 Å². The van der Waals surface area contributed by atoms with Gasteiger partial charge in [0, 0.05) is 19.0 Å². The Kier molecular flexibility index (Phi) is 2.40. The molecule has 0 bridgehead atoms. The Balaban J connectivity index is 2.24. The van der Waals surface area contributed by atoms with E-state index in [-0.39, 0.29) is 0 Å². The summed E-state index contributed by atoms with van der Waals surface area (Å²) in [4.78, 5) is 12.8. The van der Waals surface area contributed by atoms with Crippen molar-refractivity contribution in [1.82, 2.24) is 10.2 Å².